The van der Waals surface area contributed by atoms with Crippen molar-refractivity contribution in [3.63, 3.8) is 0 Å². The van der Waals surface area contributed by atoms with Gasteiger partial charge in [0, 0.05) is 6.07 Å². The Bertz CT molecular complexity index is 696. The molecule has 2 rings (SSSR count). The quantitative estimate of drug-likeness (QED) is 0.480. The van der Waals surface area contributed by atoms with E-state index in [2.05, 4.69) is 0 Å². The maximum Gasteiger partial charge on any atom is 0.280 e. The lowest BCUT2D eigenvalue weighted by Crippen LogP contribution is -2.07. The topological polar surface area (TPSA) is 78.7 Å². The fourth-order valence-electron chi connectivity index (χ4n) is 1.96. The fourth-order valence-corrected chi connectivity index (χ4v) is 1.96. The summed E-state index contributed by atoms with van der Waals surface area (Å²) < 4.78 is 10.2. The van der Waals surface area contributed by atoms with Crippen molar-refractivity contribution in [3.05, 3.63) is 63.7 Å². The number of ketones is 1. The predicted molar refractivity (Wildman–Crippen MR) is 76.1 cm³/mol. The zero-order chi connectivity index (χ0) is 15.4. The third kappa shape index (κ3) is 2.84. The van der Waals surface area contributed by atoms with Crippen molar-refractivity contribution >= 4 is 11.5 Å². The van der Waals surface area contributed by atoms with Gasteiger partial charge in [-0.25, -0.2) is 0 Å². The molecule has 6 heteroatoms. The molecule has 108 valence electrons. The zero-order valence-electron chi connectivity index (χ0n) is 11.5. The lowest BCUT2D eigenvalue weighted by molar-refractivity contribution is -0.385. The van der Waals surface area contributed by atoms with Gasteiger partial charge in [-0.05, 0) is 24.3 Å². The Kier molecular flexibility index (Phi) is 4.18. The summed E-state index contributed by atoms with van der Waals surface area (Å²) in [6, 6.07) is 10.5. The van der Waals surface area contributed by atoms with Crippen LogP contribution in [0.3, 0.4) is 0 Å². The number of carbonyl (C=O) groups is 1. The van der Waals surface area contributed by atoms with E-state index in [1.54, 1.807) is 18.2 Å². The minimum Gasteiger partial charge on any atom is -0.497 e. The van der Waals surface area contributed by atoms with E-state index in [9.17, 15) is 14.9 Å². The molecule has 0 heterocycles. The first-order chi connectivity index (χ1) is 10.1. The summed E-state index contributed by atoms with van der Waals surface area (Å²) in [5.74, 6) is 0.315. The highest BCUT2D eigenvalue weighted by atomic mass is 16.6. The molecule has 2 aromatic carbocycles. The molecule has 21 heavy (non-hydrogen) atoms. The number of rotatable bonds is 5. The molecule has 0 unspecified atom stereocenters. The molecule has 6 nitrogen and oxygen atoms in total. The van der Waals surface area contributed by atoms with Crippen LogP contribution in [0.25, 0.3) is 0 Å². The van der Waals surface area contributed by atoms with Crippen LogP contribution in [-0.2, 0) is 0 Å². The van der Waals surface area contributed by atoms with Crippen molar-refractivity contribution in [1.82, 2.24) is 0 Å². The maximum absolute atomic E-state index is 12.6. The van der Waals surface area contributed by atoms with E-state index in [0.29, 0.717) is 11.5 Å². The number of hydrogen-bond acceptors (Lipinski definition) is 5. The second-order valence-corrected chi connectivity index (χ2v) is 4.17. The van der Waals surface area contributed by atoms with E-state index in [-0.39, 0.29) is 16.8 Å². The van der Waals surface area contributed by atoms with Gasteiger partial charge in [0.05, 0.1) is 24.7 Å². The average Bonchev–Trinajstić information content (AvgIpc) is 2.53. The molecule has 0 bridgehead atoms. The van der Waals surface area contributed by atoms with E-state index < -0.39 is 10.7 Å². The summed E-state index contributed by atoms with van der Waals surface area (Å²) in [7, 11) is 2.90. The number of para-hydroxylation sites is 1. The van der Waals surface area contributed by atoms with Gasteiger partial charge in [-0.3, -0.25) is 14.9 Å². The highest BCUT2D eigenvalue weighted by Crippen LogP contribution is 2.29. The number of benzene rings is 2. The molecule has 0 saturated carbocycles. The van der Waals surface area contributed by atoms with Crippen LogP contribution in [0.2, 0.25) is 0 Å². The zero-order valence-corrected chi connectivity index (χ0v) is 11.5. The van der Waals surface area contributed by atoms with Gasteiger partial charge < -0.3 is 9.47 Å². The largest absolute Gasteiger partial charge is 0.497 e. The van der Waals surface area contributed by atoms with E-state index >= 15 is 0 Å². The lowest BCUT2D eigenvalue weighted by Gasteiger charge is -2.09. The molecule has 0 aliphatic heterocycles. The van der Waals surface area contributed by atoms with Crippen LogP contribution in [-0.4, -0.2) is 24.9 Å². The van der Waals surface area contributed by atoms with Crippen LogP contribution in [0.5, 0.6) is 11.5 Å². The van der Waals surface area contributed by atoms with Gasteiger partial charge in [-0.2, -0.15) is 0 Å². The predicted octanol–water partition coefficient (Wildman–Crippen LogP) is 2.84. The second kappa shape index (κ2) is 6.04. The van der Waals surface area contributed by atoms with Crippen molar-refractivity contribution in [2.45, 2.75) is 0 Å². The Morgan fingerprint density at radius 2 is 1.76 bits per heavy atom. The molecule has 0 amide bonds. The molecule has 0 aromatic heterocycles. The van der Waals surface area contributed by atoms with Crippen molar-refractivity contribution < 1.29 is 19.2 Å². The van der Waals surface area contributed by atoms with Crippen LogP contribution in [0, 0.1) is 10.1 Å². The third-order valence-corrected chi connectivity index (χ3v) is 3.00. The number of nitro groups is 1. The summed E-state index contributed by atoms with van der Waals surface area (Å²) in [6.07, 6.45) is 0. The number of nitrogens with zero attached hydrogens (tertiary/aromatic N) is 1. The molecule has 0 fully saturated rings. The summed E-state index contributed by atoms with van der Waals surface area (Å²) in [6.45, 7) is 0. The van der Waals surface area contributed by atoms with Gasteiger partial charge >= 0.3 is 0 Å². The van der Waals surface area contributed by atoms with E-state index in [1.807, 2.05) is 0 Å². The highest BCUT2D eigenvalue weighted by molar-refractivity contribution is 6.13. The standard InChI is InChI=1S/C15H13NO5/c1-20-10-7-8-14(21-2)12(9-10)15(17)11-5-3-4-6-13(11)16(18)19/h3-9H,1-2H3. The molecule has 0 aliphatic rings. The van der Waals surface area contributed by atoms with Gasteiger partial charge in [-0.15, -0.1) is 0 Å². The van der Waals surface area contributed by atoms with Crippen LogP contribution in [0.4, 0.5) is 5.69 Å². The van der Waals surface area contributed by atoms with Crippen molar-refractivity contribution in [2.24, 2.45) is 0 Å². The maximum atomic E-state index is 12.6. The average molecular weight is 287 g/mol. The van der Waals surface area contributed by atoms with Crippen LogP contribution in [0.15, 0.2) is 42.5 Å². The monoisotopic (exact) mass is 287 g/mol. The SMILES string of the molecule is COc1ccc(OC)c(C(=O)c2ccccc2[N+](=O)[O-])c1. The number of methoxy groups -OCH3 is 2. The van der Waals surface area contributed by atoms with E-state index in [1.165, 1.54) is 38.5 Å². The number of ether oxygens (including phenoxy) is 2. The third-order valence-electron chi connectivity index (χ3n) is 3.00. The van der Waals surface area contributed by atoms with Crippen molar-refractivity contribution in [1.29, 1.82) is 0 Å². The Hall–Kier alpha value is -2.89. The van der Waals surface area contributed by atoms with Crippen LogP contribution in [0.1, 0.15) is 15.9 Å². The Labute approximate surface area is 121 Å². The molecule has 0 atom stereocenters. The van der Waals surface area contributed by atoms with Gasteiger partial charge in [0.2, 0.25) is 5.78 Å². The lowest BCUT2D eigenvalue weighted by atomic mass is 10.0. The van der Waals surface area contributed by atoms with E-state index in [0.717, 1.165) is 0 Å². The van der Waals surface area contributed by atoms with E-state index in [4.69, 9.17) is 9.47 Å². The summed E-state index contributed by atoms with van der Waals surface area (Å²) in [4.78, 5) is 23.0. The van der Waals surface area contributed by atoms with Gasteiger partial charge in [0.25, 0.3) is 5.69 Å². The molecule has 0 aliphatic carbocycles. The molecule has 2 aromatic rings. The summed E-state index contributed by atoms with van der Waals surface area (Å²) >= 11 is 0. The summed E-state index contributed by atoms with van der Waals surface area (Å²) in [5, 5.41) is 11.0. The molecular weight excluding hydrogens is 274 g/mol. The first-order valence-corrected chi connectivity index (χ1v) is 6.08. The minimum atomic E-state index is -0.583. The Morgan fingerprint density at radius 3 is 2.38 bits per heavy atom. The Balaban J connectivity index is 2.57. The molecule has 0 saturated heterocycles. The summed E-state index contributed by atoms with van der Waals surface area (Å²) in [5.41, 5.74) is -0.0208. The Morgan fingerprint density at radius 1 is 1.05 bits per heavy atom. The van der Waals surface area contributed by atoms with Crippen molar-refractivity contribution in [2.75, 3.05) is 14.2 Å². The molecular formula is C15H13NO5. The van der Waals surface area contributed by atoms with Gasteiger partial charge in [0.1, 0.15) is 17.1 Å². The minimum absolute atomic E-state index is 0.00838. The number of hydrogen-bond donors (Lipinski definition) is 0. The van der Waals surface area contributed by atoms with Crippen molar-refractivity contribution in [3.8, 4) is 11.5 Å². The smallest absolute Gasteiger partial charge is 0.280 e. The second-order valence-electron chi connectivity index (χ2n) is 4.17. The normalized spacial score (nSPS) is 10.0. The first kappa shape index (κ1) is 14.5. The molecule has 0 N–H and O–H groups in total. The molecule has 0 radical (unpaired) electrons. The first-order valence-electron chi connectivity index (χ1n) is 6.08. The fraction of sp³-hybridized carbons (Fsp3) is 0.133. The highest BCUT2D eigenvalue weighted by Gasteiger charge is 2.23. The van der Waals surface area contributed by atoms with Gasteiger partial charge in [-0.1, -0.05) is 12.1 Å². The van der Waals surface area contributed by atoms with Gasteiger partial charge in [0.15, 0.2) is 0 Å². The van der Waals surface area contributed by atoms with Crippen LogP contribution >= 0.6 is 0 Å². The number of nitro benzene ring substituents is 1. The van der Waals surface area contributed by atoms with Crippen LogP contribution < -0.4 is 9.47 Å². The number of carbonyl (C=O) groups excluding carboxylic acids is 1. The molecule has 0 spiro atoms.